The molecule has 2 heterocycles. The Morgan fingerprint density at radius 2 is 2.30 bits per heavy atom. The van der Waals surface area contributed by atoms with Crippen LogP contribution in [0.4, 0.5) is 4.39 Å². The monoisotopic (exact) mass is 276 g/mol. The summed E-state index contributed by atoms with van der Waals surface area (Å²) in [6.07, 6.45) is 1.93. The lowest BCUT2D eigenvalue weighted by Gasteiger charge is -2.23. The van der Waals surface area contributed by atoms with E-state index in [4.69, 9.17) is 10.5 Å². The van der Waals surface area contributed by atoms with E-state index in [0.29, 0.717) is 12.5 Å². The number of hydrogen-bond acceptors (Lipinski definition) is 4. The van der Waals surface area contributed by atoms with Gasteiger partial charge >= 0.3 is 0 Å². The Labute approximate surface area is 116 Å². The molecule has 0 bridgehead atoms. The normalized spacial score (nSPS) is 17.9. The summed E-state index contributed by atoms with van der Waals surface area (Å²) in [5.41, 5.74) is 6.56. The van der Waals surface area contributed by atoms with Crippen LogP contribution in [0.15, 0.2) is 18.2 Å². The lowest BCUT2D eigenvalue weighted by Crippen LogP contribution is -2.26. The van der Waals surface area contributed by atoms with E-state index < -0.39 is 0 Å². The van der Waals surface area contributed by atoms with Crippen molar-refractivity contribution < 1.29 is 9.13 Å². The summed E-state index contributed by atoms with van der Waals surface area (Å²) in [6.45, 7) is 1.47. The second-order valence-corrected chi connectivity index (χ2v) is 5.04. The zero-order valence-electron chi connectivity index (χ0n) is 11.3. The number of nitrogens with two attached hydrogens (primary N) is 1. The first kappa shape index (κ1) is 13.1. The maximum absolute atomic E-state index is 13.5. The second kappa shape index (κ2) is 5.20. The molecule has 0 radical (unpaired) electrons. The van der Waals surface area contributed by atoms with Gasteiger partial charge in [0.1, 0.15) is 5.82 Å². The minimum atomic E-state index is -0.380. The molecule has 0 fully saturated rings. The maximum Gasteiger partial charge on any atom is 0.165 e. The van der Waals surface area contributed by atoms with Crippen LogP contribution in [0.1, 0.15) is 12.2 Å². The van der Waals surface area contributed by atoms with Crippen molar-refractivity contribution in [1.82, 2.24) is 14.8 Å². The highest BCUT2D eigenvalue weighted by Gasteiger charge is 2.23. The minimum Gasteiger partial charge on any atom is -0.494 e. The zero-order chi connectivity index (χ0) is 14.1. The van der Waals surface area contributed by atoms with Gasteiger partial charge < -0.3 is 15.0 Å². The summed E-state index contributed by atoms with van der Waals surface area (Å²) in [4.78, 5) is 0. The van der Waals surface area contributed by atoms with Crippen molar-refractivity contribution in [2.24, 2.45) is 11.7 Å². The van der Waals surface area contributed by atoms with Gasteiger partial charge in [0.15, 0.2) is 17.4 Å². The van der Waals surface area contributed by atoms with E-state index in [1.54, 1.807) is 12.1 Å². The van der Waals surface area contributed by atoms with Crippen LogP contribution in [0.25, 0.3) is 11.4 Å². The number of halogens is 1. The van der Waals surface area contributed by atoms with Crippen molar-refractivity contribution in [3.8, 4) is 17.1 Å². The highest BCUT2D eigenvalue weighted by Crippen LogP contribution is 2.28. The molecule has 20 heavy (non-hydrogen) atoms. The van der Waals surface area contributed by atoms with E-state index in [2.05, 4.69) is 14.8 Å². The SMILES string of the molecule is COc1cc(-c2nnc3n2CC(CN)CC3)ccc1F. The predicted octanol–water partition coefficient (Wildman–Crippen LogP) is 1.61. The van der Waals surface area contributed by atoms with Crippen molar-refractivity contribution in [2.45, 2.75) is 19.4 Å². The Balaban J connectivity index is 2.01. The summed E-state index contributed by atoms with van der Waals surface area (Å²) >= 11 is 0. The van der Waals surface area contributed by atoms with Crippen LogP contribution >= 0.6 is 0 Å². The standard InChI is InChI=1S/C14H17FN4O/c1-20-12-6-10(3-4-11(12)15)14-18-17-13-5-2-9(7-16)8-19(13)14/h3-4,6,9H,2,5,7-8,16H2,1H3. The molecular weight excluding hydrogens is 259 g/mol. The van der Waals surface area contributed by atoms with Gasteiger partial charge in [0.25, 0.3) is 0 Å². The molecule has 1 atom stereocenters. The van der Waals surface area contributed by atoms with Crippen molar-refractivity contribution in [1.29, 1.82) is 0 Å². The molecule has 0 saturated heterocycles. The Bertz CT molecular complexity index is 626. The van der Waals surface area contributed by atoms with Crippen molar-refractivity contribution >= 4 is 0 Å². The van der Waals surface area contributed by atoms with E-state index in [1.807, 2.05) is 0 Å². The fourth-order valence-corrected chi connectivity index (χ4v) is 2.60. The molecule has 0 aliphatic carbocycles. The first-order valence-electron chi connectivity index (χ1n) is 6.69. The summed E-state index contributed by atoms with van der Waals surface area (Å²) in [5.74, 6) is 1.99. The molecule has 1 aliphatic rings. The van der Waals surface area contributed by atoms with Gasteiger partial charge in [-0.3, -0.25) is 0 Å². The van der Waals surface area contributed by atoms with E-state index in [1.165, 1.54) is 13.2 Å². The van der Waals surface area contributed by atoms with Crippen molar-refractivity contribution in [3.63, 3.8) is 0 Å². The average molecular weight is 276 g/mol. The van der Waals surface area contributed by atoms with Gasteiger partial charge in [-0.2, -0.15) is 0 Å². The third-order valence-corrected chi connectivity index (χ3v) is 3.79. The van der Waals surface area contributed by atoms with Gasteiger partial charge in [-0.1, -0.05) is 0 Å². The van der Waals surface area contributed by atoms with Gasteiger partial charge in [0.05, 0.1) is 7.11 Å². The van der Waals surface area contributed by atoms with Crippen LogP contribution in [0.3, 0.4) is 0 Å². The largest absolute Gasteiger partial charge is 0.494 e. The first-order chi connectivity index (χ1) is 9.72. The molecule has 1 aliphatic heterocycles. The second-order valence-electron chi connectivity index (χ2n) is 5.04. The Morgan fingerprint density at radius 3 is 3.05 bits per heavy atom. The summed E-state index contributed by atoms with van der Waals surface area (Å²) in [7, 11) is 1.45. The molecule has 0 saturated carbocycles. The third-order valence-electron chi connectivity index (χ3n) is 3.79. The molecule has 0 spiro atoms. The van der Waals surface area contributed by atoms with Crippen LogP contribution in [0.5, 0.6) is 5.75 Å². The summed E-state index contributed by atoms with van der Waals surface area (Å²) in [5, 5.41) is 8.45. The minimum absolute atomic E-state index is 0.214. The highest BCUT2D eigenvalue weighted by atomic mass is 19.1. The predicted molar refractivity (Wildman–Crippen MR) is 72.8 cm³/mol. The van der Waals surface area contributed by atoms with E-state index in [0.717, 1.165) is 36.6 Å². The van der Waals surface area contributed by atoms with E-state index in [-0.39, 0.29) is 11.6 Å². The Morgan fingerprint density at radius 1 is 1.45 bits per heavy atom. The van der Waals surface area contributed by atoms with Gasteiger partial charge in [0.2, 0.25) is 0 Å². The number of rotatable bonds is 3. The topological polar surface area (TPSA) is 66.0 Å². The van der Waals surface area contributed by atoms with Crippen LogP contribution in [0, 0.1) is 11.7 Å². The number of benzene rings is 1. The molecule has 1 aromatic heterocycles. The van der Waals surface area contributed by atoms with Crippen molar-refractivity contribution in [3.05, 3.63) is 29.8 Å². The quantitative estimate of drug-likeness (QED) is 0.925. The fourth-order valence-electron chi connectivity index (χ4n) is 2.60. The lowest BCUT2D eigenvalue weighted by atomic mass is 9.99. The fraction of sp³-hybridized carbons (Fsp3) is 0.429. The first-order valence-corrected chi connectivity index (χ1v) is 6.69. The smallest absolute Gasteiger partial charge is 0.165 e. The number of hydrogen-bond donors (Lipinski definition) is 1. The molecule has 6 heteroatoms. The Hall–Kier alpha value is -1.95. The molecule has 3 rings (SSSR count). The number of nitrogens with zero attached hydrogens (tertiary/aromatic N) is 3. The maximum atomic E-state index is 13.5. The molecule has 2 aromatic rings. The molecular formula is C14H17FN4O. The molecule has 5 nitrogen and oxygen atoms in total. The van der Waals surface area contributed by atoms with E-state index in [9.17, 15) is 4.39 Å². The number of fused-ring (bicyclic) bond motifs is 1. The molecule has 2 N–H and O–H groups in total. The zero-order valence-corrected chi connectivity index (χ0v) is 11.3. The van der Waals surface area contributed by atoms with Crippen LogP contribution in [-0.4, -0.2) is 28.4 Å². The highest BCUT2D eigenvalue weighted by molar-refractivity contribution is 5.58. The third kappa shape index (κ3) is 2.16. The number of aromatic nitrogens is 3. The van der Waals surface area contributed by atoms with Crippen LogP contribution < -0.4 is 10.5 Å². The molecule has 1 aromatic carbocycles. The van der Waals surface area contributed by atoms with Gasteiger partial charge in [-0.25, -0.2) is 4.39 Å². The molecule has 0 amide bonds. The van der Waals surface area contributed by atoms with Crippen LogP contribution in [0.2, 0.25) is 0 Å². The lowest BCUT2D eigenvalue weighted by molar-refractivity contribution is 0.375. The van der Waals surface area contributed by atoms with Gasteiger partial charge in [-0.15, -0.1) is 10.2 Å². The summed E-state index contributed by atoms with van der Waals surface area (Å²) < 4.78 is 20.6. The van der Waals surface area contributed by atoms with Crippen molar-refractivity contribution in [2.75, 3.05) is 13.7 Å². The Kier molecular flexibility index (Phi) is 3.40. The van der Waals surface area contributed by atoms with Gasteiger partial charge in [-0.05, 0) is 37.1 Å². The van der Waals surface area contributed by atoms with E-state index >= 15 is 0 Å². The number of methoxy groups -OCH3 is 1. The van der Waals surface area contributed by atoms with Crippen LogP contribution in [-0.2, 0) is 13.0 Å². The van der Waals surface area contributed by atoms with Gasteiger partial charge in [0, 0.05) is 18.5 Å². The molecule has 1 unspecified atom stereocenters. The molecule has 106 valence electrons. The average Bonchev–Trinajstić information content (AvgIpc) is 2.90. The number of ether oxygens (including phenoxy) is 1. The summed E-state index contributed by atoms with van der Waals surface area (Å²) in [6, 6.07) is 4.74. The number of aryl methyl sites for hydroxylation is 1.